The summed E-state index contributed by atoms with van der Waals surface area (Å²) in [5.41, 5.74) is 13.3. The van der Waals surface area contributed by atoms with Crippen LogP contribution in [0.2, 0.25) is 0 Å². The maximum absolute atomic E-state index is 10.0. The van der Waals surface area contributed by atoms with Crippen LogP contribution in [0.5, 0.6) is 5.75 Å². The maximum atomic E-state index is 10.0. The number of anilines is 1. The van der Waals surface area contributed by atoms with Gasteiger partial charge in [0.2, 0.25) is 0 Å². The Balaban J connectivity index is 2.08. The highest BCUT2D eigenvalue weighted by molar-refractivity contribution is 5.66. The number of nitrogen functional groups attached to an aromatic ring is 1. The molecule has 3 rings (SSSR count). The predicted molar refractivity (Wildman–Crippen MR) is 87.4 cm³/mol. The summed E-state index contributed by atoms with van der Waals surface area (Å²) in [6.07, 6.45) is 2.87. The predicted octanol–water partition coefficient (Wildman–Crippen LogP) is 2.15. The SMILES string of the molecule is N#Cc1c(N)nc(-c2ccccc2O)nc1C1CCC(CN)C1. The van der Waals surface area contributed by atoms with Crippen molar-refractivity contribution in [2.45, 2.75) is 25.2 Å². The van der Waals surface area contributed by atoms with Gasteiger partial charge in [0, 0.05) is 5.92 Å². The Bertz CT molecular complexity index is 768. The Morgan fingerprint density at radius 3 is 2.70 bits per heavy atom. The zero-order valence-electron chi connectivity index (χ0n) is 12.7. The van der Waals surface area contributed by atoms with E-state index in [2.05, 4.69) is 16.0 Å². The Labute approximate surface area is 134 Å². The molecule has 0 radical (unpaired) electrons. The first-order valence-corrected chi connectivity index (χ1v) is 7.70. The summed E-state index contributed by atoms with van der Waals surface area (Å²) in [7, 11) is 0. The van der Waals surface area contributed by atoms with E-state index >= 15 is 0 Å². The van der Waals surface area contributed by atoms with Crippen LogP contribution in [0.3, 0.4) is 0 Å². The van der Waals surface area contributed by atoms with Crippen molar-refractivity contribution in [2.75, 3.05) is 12.3 Å². The molecule has 0 spiro atoms. The molecule has 1 saturated carbocycles. The Morgan fingerprint density at radius 1 is 1.26 bits per heavy atom. The van der Waals surface area contributed by atoms with E-state index < -0.39 is 0 Å². The molecule has 1 aromatic heterocycles. The number of hydrogen-bond acceptors (Lipinski definition) is 6. The molecule has 2 atom stereocenters. The lowest BCUT2D eigenvalue weighted by Crippen LogP contribution is -2.12. The lowest BCUT2D eigenvalue weighted by Gasteiger charge is -2.14. The van der Waals surface area contributed by atoms with Crippen molar-refractivity contribution in [1.29, 1.82) is 5.26 Å². The van der Waals surface area contributed by atoms with Crippen LogP contribution in [0, 0.1) is 17.2 Å². The van der Waals surface area contributed by atoms with E-state index in [4.69, 9.17) is 11.5 Å². The second-order valence-corrected chi connectivity index (χ2v) is 5.93. The molecular weight excluding hydrogens is 290 g/mol. The van der Waals surface area contributed by atoms with Crippen molar-refractivity contribution >= 4 is 5.82 Å². The van der Waals surface area contributed by atoms with Gasteiger partial charge in [-0.15, -0.1) is 0 Å². The number of aromatic hydroxyl groups is 1. The number of phenolic OH excluding ortho intramolecular Hbond substituents is 1. The first kappa shape index (κ1) is 15.3. The number of nitrogens with zero attached hydrogens (tertiary/aromatic N) is 3. The van der Waals surface area contributed by atoms with E-state index in [-0.39, 0.29) is 17.5 Å². The molecule has 1 aromatic carbocycles. The Hall–Kier alpha value is -2.65. The quantitative estimate of drug-likeness (QED) is 0.798. The second-order valence-electron chi connectivity index (χ2n) is 5.93. The molecule has 5 N–H and O–H groups in total. The lowest BCUT2D eigenvalue weighted by atomic mass is 9.97. The normalized spacial score (nSPS) is 20.3. The van der Waals surface area contributed by atoms with Crippen LogP contribution < -0.4 is 11.5 Å². The summed E-state index contributed by atoms with van der Waals surface area (Å²) in [5.74, 6) is 1.22. The highest BCUT2D eigenvalue weighted by Crippen LogP contribution is 2.40. The minimum atomic E-state index is 0.0915. The monoisotopic (exact) mass is 309 g/mol. The molecule has 118 valence electrons. The average molecular weight is 309 g/mol. The molecule has 0 amide bonds. The third kappa shape index (κ3) is 2.83. The summed E-state index contributed by atoms with van der Waals surface area (Å²) in [6, 6.07) is 8.96. The van der Waals surface area contributed by atoms with Crippen molar-refractivity contribution in [3.63, 3.8) is 0 Å². The number of nitrogens with two attached hydrogens (primary N) is 2. The van der Waals surface area contributed by atoms with E-state index in [1.165, 1.54) is 0 Å². The molecule has 0 saturated heterocycles. The van der Waals surface area contributed by atoms with Crippen molar-refractivity contribution in [3.8, 4) is 23.2 Å². The summed E-state index contributed by atoms with van der Waals surface area (Å²) in [6.45, 7) is 0.644. The smallest absolute Gasteiger partial charge is 0.165 e. The highest BCUT2D eigenvalue weighted by Gasteiger charge is 2.29. The van der Waals surface area contributed by atoms with Gasteiger partial charge in [-0.25, -0.2) is 9.97 Å². The van der Waals surface area contributed by atoms with Gasteiger partial charge in [-0.2, -0.15) is 5.26 Å². The van der Waals surface area contributed by atoms with Crippen molar-refractivity contribution in [2.24, 2.45) is 11.7 Å². The van der Waals surface area contributed by atoms with Crippen LogP contribution in [0.1, 0.15) is 36.4 Å². The fourth-order valence-electron chi connectivity index (χ4n) is 3.23. The number of aromatic nitrogens is 2. The minimum absolute atomic E-state index is 0.0915. The number of rotatable bonds is 3. The zero-order valence-corrected chi connectivity index (χ0v) is 12.7. The summed E-state index contributed by atoms with van der Waals surface area (Å²) >= 11 is 0. The van der Waals surface area contributed by atoms with E-state index in [0.29, 0.717) is 35.1 Å². The first-order chi connectivity index (χ1) is 11.1. The van der Waals surface area contributed by atoms with Gasteiger partial charge in [-0.05, 0) is 43.9 Å². The van der Waals surface area contributed by atoms with Crippen molar-refractivity contribution < 1.29 is 5.11 Å². The van der Waals surface area contributed by atoms with Gasteiger partial charge in [-0.1, -0.05) is 12.1 Å². The molecule has 2 aromatic rings. The van der Waals surface area contributed by atoms with Gasteiger partial charge >= 0.3 is 0 Å². The molecule has 6 heteroatoms. The number of benzene rings is 1. The number of para-hydroxylation sites is 1. The highest BCUT2D eigenvalue weighted by atomic mass is 16.3. The van der Waals surface area contributed by atoms with E-state index in [1.54, 1.807) is 24.3 Å². The molecule has 23 heavy (non-hydrogen) atoms. The van der Waals surface area contributed by atoms with Crippen molar-refractivity contribution in [3.05, 3.63) is 35.5 Å². The van der Waals surface area contributed by atoms with Crippen LogP contribution >= 0.6 is 0 Å². The van der Waals surface area contributed by atoms with Gasteiger partial charge in [-0.3, -0.25) is 0 Å². The zero-order chi connectivity index (χ0) is 16.4. The van der Waals surface area contributed by atoms with Gasteiger partial charge in [0.15, 0.2) is 5.82 Å². The minimum Gasteiger partial charge on any atom is -0.507 e. The fourth-order valence-corrected chi connectivity index (χ4v) is 3.23. The van der Waals surface area contributed by atoms with Crippen LogP contribution in [0.25, 0.3) is 11.4 Å². The molecule has 0 aliphatic heterocycles. The summed E-state index contributed by atoms with van der Waals surface area (Å²) in [4.78, 5) is 8.78. The molecule has 6 nitrogen and oxygen atoms in total. The van der Waals surface area contributed by atoms with Crippen LogP contribution in [-0.2, 0) is 0 Å². The molecule has 0 bridgehead atoms. The standard InChI is InChI=1S/C17H19N5O/c18-8-10-5-6-11(7-10)15-13(9-19)16(20)22-17(21-15)12-3-1-2-4-14(12)23/h1-4,10-11,23H,5-8,18H2,(H2,20,21,22). The second kappa shape index (κ2) is 6.23. The fraction of sp³-hybridized carbons (Fsp3) is 0.353. The number of nitriles is 1. The lowest BCUT2D eigenvalue weighted by molar-refractivity contribution is 0.477. The van der Waals surface area contributed by atoms with Crippen LogP contribution in [-0.4, -0.2) is 21.6 Å². The summed E-state index contributed by atoms with van der Waals surface area (Å²) < 4.78 is 0. The van der Waals surface area contributed by atoms with Crippen LogP contribution in [0.4, 0.5) is 5.82 Å². The van der Waals surface area contributed by atoms with Gasteiger partial charge in [0.25, 0.3) is 0 Å². The molecular formula is C17H19N5O. The van der Waals surface area contributed by atoms with Gasteiger partial charge in [0.1, 0.15) is 23.2 Å². The van der Waals surface area contributed by atoms with Crippen molar-refractivity contribution in [1.82, 2.24) is 9.97 Å². The van der Waals surface area contributed by atoms with E-state index in [0.717, 1.165) is 19.3 Å². The Kier molecular flexibility index (Phi) is 4.13. The molecule has 1 fully saturated rings. The molecule has 2 unspecified atom stereocenters. The molecule has 1 aliphatic rings. The van der Waals surface area contributed by atoms with Crippen LogP contribution in [0.15, 0.2) is 24.3 Å². The number of hydrogen-bond donors (Lipinski definition) is 3. The topological polar surface area (TPSA) is 122 Å². The summed E-state index contributed by atoms with van der Waals surface area (Å²) in [5, 5.41) is 19.4. The van der Waals surface area contributed by atoms with Gasteiger partial charge in [0.05, 0.1) is 11.3 Å². The largest absolute Gasteiger partial charge is 0.507 e. The average Bonchev–Trinajstić information content (AvgIpc) is 3.03. The van der Waals surface area contributed by atoms with E-state index in [9.17, 15) is 10.4 Å². The van der Waals surface area contributed by atoms with E-state index in [1.807, 2.05) is 0 Å². The maximum Gasteiger partial charge on any atom is 0.165 e. The number of phenols is 1. The first-order valence-electron chi connectivity index (χ1n) is 7.70. The third-order valence-electron chi connectivity index (χ3n) is 4.48. The molecule has 1 aliphatic carbocycles. The Morgan fingerprint density at radius 2 is 2.04 bits per heavy atom. The molecule has 1 heterocycles. The third-order valence-corrected chi connectivity index (χ3v) is 4.48. The van der Waals surface area contributed by atoms with Gasteiger partial charge < -0.3 is 16.6 Å².